The van der Waals surface area contributed by atoms with E-state index < -0.39 is 22.5 Å². The summed E-state index contributed by atoms with van der Waals surface area (Å²) in [4.78, 5) is 11.9. The Hall–Kier alpha value is -1.80. The van der Waals surface area contributed by atoms with E-state index in [-0.39, 0.29) is 28.2 Å². The molecule has 1 N–H and O–H groups in total. The summed E-state index contributed by atoms with van der Waals surface area (Å²) in [6.45, 7) is 2.01. The van der Waals surface area contributed by atoms with Crippen molar-refractivity contribution < 1.29 is 13.4 Å². The third-order valence-electron chi connectivity index (χ3n) is 3.02. The second-order valence-corrected chi connectivity index (χ2v) is 6.85. The molecule has 1 aromatic heterocycles. The number of aromatic nitrogens is 3. The molecular weight excluding hydrogens is 331 g/mol. The number of benzene rings is 1. The Kier molecular flexibility index (Phi) is 5.25. The highest BCUT2D eigenvalue weighted by atomic mass is 35.5. The monoisotopic (exact) mass is 344 g/mol. The van der Waals surface area contributed by atoms with Gasteiger partial charge in [-0.15, -0.1) is 5.10 Å². The fourth-order valence-corrected chi connectivity index (χ4v) is 2.09. The highest BCUT2D eigenvalue weighted by molar-refractivity contribution is 7.84. The van der Waals surface area contributed by atoms with Gasteiger partial charge in [-0.1, -0.05) is 22.9 Å². The molecule has 0 aliphatic carbocycles. The lowest BCUT2D eigenvalue weighted by Gasteiger charge is -2.08. The van der Waals surface area contributed by atoms with Gasteiger partial charge in [0.25, 0.3) is 5.91 Å². The summed E-state index contributed by atoms with van der Waals surface area (Å²) in [5.74, 6) is -1.11. The van der Waals surface area contributed by atoms with Crippen LogP contribution in [0.2, 0.25) is 5.02 Å². The van der Waals surface area contributed by atoms with Crippen molar-refractivity contribution in [3.63, 3.8) is 0 Å². The van der Waals surface area contributed by atoms with Gasteiger partial charge in [-0.2, -0.15) is 0 Å². The molecule has 0 saturated carbocycles. The minimum Gasteiger partial charge on any atom is -0.349 e. The van der Waals surface area contributed by atoms with Crippen LogP contribution < -0.4 is 5.32 Å². The minimum atomic E-state index is -1.03. The summed E-state index contributed by atoms with van der Waals surface area (Å²) in [6, 6.07) is 4.46. The van der Waals surface area contributed by atoms with Gasteiger partial charge in [-0.05, 0) is 19.1 Å². The smallest absolute Gasteiger partial charge is 0.273 e. The van der Waals surface area contributed by atoms with Crippen LogP contribution in [0.25, 0.3) is 5.69 Å². The molecule has 22 heavy (non-hydrogen) atoms. The maximum atomic E-state index is 13.9. The molecule has 0 aliphatic heterocycles. The van der Waals surface area contributed by atoms with Crippen molar-refractivity contribution in [3.05, 3.63) is 40.9 Å². The molecular formula is C13H14ClFN4O2S. The molecule has 6 nitrogen and oxygen atoms in total. The van der Waals surface area contributed by atoms with Crippen molar-refractivity contribution in [2.24, 2.45) is 0 Å². The first-order valence-corrected chi connectivity index (χ1v) is 8.37. The molecule has 1 amide bonds. The average molecular weight is 345 g/mol. The standard InChI is InChI=1S/C13H14ClFN4O2S/c1-8(22(2)21)6-16-13(20)10-7-19(18-17-10)11-5-3-4-9(14)12(11)15/h3-5,7-8H,6H2,1-2H3,(H,16,20)/t8-,22+/m0/s1. The van der Waals surface area contributed by atoms with Crippen LogP contribution in [0.5, 0.6) is 0 Å². The predicted octanol–water partition coefficient (Wildman–Crippen LogP) is 1.56. The second kappa shape index (κ2) is 6.97. The number of halogens is 2. The summed E-state index contributed by atoms with van der Waals surface area (Å²) in [7, 11) is -1.03. The number of carbonyl (C=O) groups is 1. The van der Waals surface area contributed by atoms with Crippen molar-refractivity contribution in [1.29, 1.82) is 0 Å². The maximum Gasteiger partial charge on any atom is 0.273 e. The number of hydrogen-bond donors (Lipinski definition) is 1. The number of rotatable bonds is 5. The fraction of sp³-hybridized carbons (Fsp3) is 0.308. The first-order chi connectivity index (χ1) is 10.4. The van der Waals surface area contributed by atoms with Crippen molar-refractivity contribution in [1.82, 2.24) is 20.3 Å². The summed E-state index contributed by atoms with van der Waals surface area (Å²) in [5.41, 5.74) is 0.135. The normalized spacial score (nSPS) is 13.6. The van der Waals surface area contributed by atoms with E-state index in [9.17, 15) is 13.4 Å². The molecule has 0 aliphatic rings. The largest absolute Gasteiger partial charge is 0.349 e. The lowest BCUT2D eigenvalue weighted by molar-refractivity contribution is 0.0949. The van der Waals surface area contributed by atoms with Crippen molar-refractivity contribution in [3.8, 4) is 5.69 Å². The van der Waals surface area contributed by atoms with E-state index in [4.69, 9.17) is 11.6 Å². The van der Waals surface area contributed by atoms with Gasteiger partial charge >= 0.3 is 0 Å². The van der Waals surface area contributed by atoms with E-state index in [2.05, 4.69) is 15.6 Å². The van der Waals surface area contributed by atoms with Gasteiger partial charge in [0.15, 0.2) is 11.5 Å². The Balaban J connectivity index is 2.13. The molecule has 2 aromatic rings. The van der Waals surface area contributed by atoms with Crippen LogP contribution in [-0.4, -0.2) is 43.2 Å². The molecule has 0 spiro atoms. The summed E-state index contributed by atoms with van der Waals surface area (Å²) >= 11 is 5.70. The van der Waals surface area contributed by atoms with Gasteiger partial charge in [0.1, 0.15) is 5.69 Å². The number of amides is 1. The molecule has 1 heterocycles. The summed E-state index contributed by atoms with van der Waals surface area (Å²) < 4.78 is 26.2. The predicted molar refractivity (Wildman–Crippen MR) is 82.2 cm³/mol. The lowest BCUT2D eigenvalue weighted by Crippen LogP contribution is -2.32. The molecule has 9 heteroatoms. The molecule has 2 rings (SSSR count). The Morgan fingerprint density at radius 1 is 1.55 bits per heavy atom. The molecule has 1 aromatic carbocycles. The van der Waals surface area contributed by atoms with E-state index in [1.165, 1.54) is 18.3 Å². The van der Waals surface area contributed by atoms with Gasteiger partial charge in [0.05, 0.1) is 11.2 Å². The van der Waals surface area contributed by atoms with Gasteiger partial charge in [0, 0.05) is 28.9 Å². The highest BCUT2D eigenvalue weighted by Crippen LogP contribution is 2.20. The molecule has 0 radical (unpaired) electrons. The quantitative estimate of drug-likeness (QED) is 0.893. The number of hydrogen-bond acceptors (Lipinski definition) is 4. The molecule has 0 fully saturated rings. The SMILES string of the molecule is C[C@@H](CNC(=O)c1cn(-c2cccc(Cl)c2F)nn1)[S@@](C)=O. The number of nitrogens with one attached hydrogen (secondary N) is 1. The molecule has 0 bridgehead atoms. The Labute approximate surface area is 134 Å². The van der Waals surface area contributed by atoms with E-state index in [0.717, 1.165) is 4.68 Å². The van der Waals surface area contributed by atoms with Crippen molar-refractivity contribution in [2.75, 3.05) is 12.8 Å². The lowest BCUT2D eigenvalue weighted by atomic mass is 10.3. The Morgan fingerprint density at radius 2 is 2.27 bits per heavy atom. The van der Waals surface area contributed by atoms with E-state index >= 15 is 0 Å². The minimum absolute atomic E-state index is 0.0356. The molecule has 2 atom stereocenters. The van der Waals surface area contributed by atoms with Crippen molar-refractivity contribution >= 4 is 28.3 Å². The van der Waals surface area contributed by atoms with Gasteiger partial charge in [0.2, 0.25) is 0 Å². The van der Waals surface area contributed by atoms with E-state index in [0.29, 0.717) is 0 Å². The Bertz CT molecular complexity index is 722. The topological polar surface area (TPSA) is 76.9 Å². The summed E-state index contributed by atoms with van der Waals surface area (Å²) in [5, 5.41) is 9.80. The molecule has 0 saturated heterocycles. The first-order valence-electron chi connectivity index (χ1n) is 6.37. The fourth-order valence-electron chi connectivity index (χ4n) is 1.60. The van der Waals surface area contributed by atoms with Crippen LogP contribution in [0.3, 0.4) is 0 Å². The van der Waals surface area contributed by atoms with Crippen LogP contribution in [-0.2, 0) is 10.8 Å². The maximum absolute atomic E-state index is 13.9. The number of carbonyl (C=O) groups excluding carboxylic acids is 1. The summed E-state index contributed by atoms with van der Waals surface area (Å²) in [6.07, 6.45) is 2.87. The third-order valence-corrected chi connectivity index (χ3v) is 4.61. The van der Waals surface area contributed by atoms with Gasteiger partial charge in [-0.25, -0.2) is 9.07 Å². The van der Waals surface area contributed by atoms with Crippen LogP contribution in [0, 0.1) is 5.82 Å². The van der Waals surface area contributed by atoms with Gasteiger partial charge < -0.3 is 5.32 Å². The van der Waals surface area contributed by atoms with E-state index in [1.54, 1.807) is 19.2 Å². The zero-order valence-corrected chi connectivity index (χ0v) is 13.5. The number of nitrogens with zero attached hydrogens (tertiary/aromatic N) is 3. The van der Waals surface area contributed by atoms with E-state index in [1.807, 2.05) is 0 Å². The van der Waals surface area contributed by atoms with Crippen LogP contribution in [0.1, 0.15) is 17.4 Å². The van der Waals surface area contributed by atoms with Crippen LogP contribution >= 0.6 is 11.6 Å². The Morgan fingerprint density at radius 3 is 2.95 bits per heavy atom. The zero-order chi connectivity index (χ0) is 16.3. The van der Waals surface area contributed by atoms with Crippen LogP contribution in [0.4, 0.5) is 4.39 Å². The average Bonchev–Trinajstić information content (AvgIpc) is 2.96. The molecule has 0 unspecified atom stereocenters. The van der Waals surface area contributed by atoms with Crippen molar-refractivity contribution in [2.45, 2.75) is 12.2 Å². The van der Waals surface area contributed by atoms with Crippen LogP contribution in [0.15, 0.2) is 24.4 Å². The van der Waals surface area contributed by atoms with Gasteiger partial charge in [-0.3, -0.25) is 9.00 Å². The molecule has 118 valence electrons. The first kappa shape index (κ1) is 16.6. The highest BCUT2D eigenvalue weighted by Gasteiger charge is 2.16. The zero-order valence-electron chi connectivity index (χ0n) is 11.9. The second-order valence-electron chi connectivity index (χ2n) is 4.64. The third kappa shape index (κ3) is 3.69.